The van der Waals surface area contributed by atoms with Crippen LogP contribution in [0.15, 0.2) is 17.3 Å². The molecule has 0 unspecified atom stereocenters. The maximum atomic E-state index is 11.0. The summed E-state index contributed by atoms with van der Waals surface area (Å²) in [6.45, 7) is 0. The third-order valence-electron chi connectivity index (χ3n) is 1.96. The van der Waals surface area contributed by atoms with Crippen molar-refractivity contribution < 1.29 is 27.4 Å². The molecule has 0 radical (unpaired) electrons. The molecule has 1 aromatic rings. The predicted molar refractivity (Wildman–Crippen MR) is 54.6 cm³/mol. The fourth-order valence-electron chi connectivity index (χ4n) is 1.14. The van der Waals surface area contributed by atoms with E-state index < -0.39 is 38.1 Å². The second-order valence-electron chi connectivity index (χ2n) is 3.12. The second kappa shape index (κ2) is 5.06. The molecule has 98 valence electrons. The van der Waals surface area contributed by atoms with Gasteiger partial charge in [0.15, 0.2) is 0 Å². The minimum atomic E-state index is -4.85. The first-order chi connectivity index (χ1) is 8.25. The molecule has 0 amide bonds. The van der Waals surface area contributed by atoms with Crippen LogP contribution in [0.5, 0.6) is 0 Å². The van der Waals surface area contributed by atoms with E-state index in [2.05, 4.69) is 9.72 Å². The van der Waals surface area contributed by atoms with Crippen molar-refractivity contribution in [3.05, 3.63) is 27.9 Å². The molecule has 0 atom stereocenters. The number of nitro groups is 1. The molecular formula is C8H7N2O7S-. The molecule has 0 aliphatic rings. The van der Waals surface area contributed by atoms with Crippen molar-refractivity contribution >= 4 is 21.8 Å². The van der Waals surface area contributed by atoms with Gasteiger partial charge < -0.3 is 9.29 Å². The standard InChI is InChI=1S/C8H8N2O7S/c1-17-8(11)3-5-2-7(18(14,15)16)9-4-6(5)10(12)13/h2,4H,3H2,1H3,(H,14,15,16)/p-1. The van der Waals surface area contributed by atoms with E-state index in [4.69, 9.17) is 0 Å². The average molecular weight is 275 g/mol. The zero-order valence-corrected chi connectivity index (χ0v) is 9.84. The van der Waals surface area contributed by atoms with Crippen LogP contribution in [-0.2, 0) is 26.1 Å². The maximum Gasteiger partial charge on any atom is 0.310 e. The third kappa shape index (κ3) is 3.21. The quantitative estimate of drug-likeness (QED) is 0.313. The van der Waals surface area contributed by atoms with Crippen LogP contribution in [0.2, 0.25) is 0 Å². The number of esters is 1. The lowest BCUT2D eigenvalue weighted by molar-refractivity contribution is -0.385. The van der Waals surface area contributed by atoms with Gasteiger partial charge in [-0.1, -0.05) is 0 Å². The summed E-state index contributed by atoms with van der Waals surface area (Å²) in [5.41, 5.74) is -0.816. The molecule has 1 rings (SSSR count). The van der Waals surface area contributed by atoms with Gasteiger partial charge in [-0.05, 0) is 6.07 Å². The number of rotatable bonds is 4. The Morgan fingerprint density at radius 1 is 1.56 bits per heavy atom. The highest BCUT2D eigenvalue weighted by atomic mass is 32.2. The topological polar surface area (TPSA) is 140 Å². The van der Waals surface area contributed by atoms with E-state index in [1.54, 1.807) is 0 Å². The van der Waals surface area contributed by atoms with Gasteiger partial charge in [0.1, 0.15) is 21.3 Å². The Morgan fingerprint density at radius 2 is 2.17 bits per heavy atom. The summed E-state index contributed by atoms with van der Waals surface area (Å²) in [5.74, 6) is -0.807. The highest BCUT2D eigenvalue weighted by Crippen LogP contribution is 2.20. The number of aromatic nitrogens is 1. The lowest BCUT2D eigenvalue weighted by atomic mass is 10.1. The first kappa shape index (κ1) is 14.0. The fourth-order valence-corrected chi connectivity index (χ4v) is 1.61. The Hall–Kier alpha value is -2.07. The Morgan fingerprint density at radius 3 is 2.61 bits per heavy atom. The molecule has 0 saturated heterocycles. The number of hydrogen-bond acceptors (Lipinski definition) is 8. The molecular weight excluding hydrogens is 268 g/mol. The summed E-state index contributed by atoms with van der Waals surface area (Å²) >= 11 is 0. The highest BCUT2D eigenvalue weighted by molar-refractivity contribution is 7.85. The van der Waals surface area contributed by atoms with Gasteiger partial charge in [0.25, 0.3) is 5.69 Å². The minimum Gasteiger partial charge on any atom is -0.743 e. The van der Waals surface area contributed by atoms with Crippen LogP contribution < -0.4 is 0 Å². The maximum absolute atomic E-state index is 11.0. The first-order valence-corrected chi connectivity index (χ1v) is 5.82. The van der Waals surface area contributed by atoms with E-state index in [-0.39, 0.29) is 5.56 Å². The number of hydrogen-bond donors (Lipinski definition) is 0. The smallest absolute Gasteiger partial charge is 0.310 e. The molecule has 0 aliphatic carbocycles. The molecule has 0 N–H and O–H groups in total. The van der Waals surface area contributed by atoms with Crippen LogP contribution in [0, 0.1) is 10.1 Å². The van der Waals surface area contributed by atoms with Gasteiger partial charge in [0.05, 0.1) is 18.5 Å². The Kier molecular flexibility index (Phi) is 3.93. The van der Waals surface area contributed by atoms with E-state index in [0.29, 0.717) is 12.3 Å². The largest absolute Gasteiger partial charge is 0.743 e. The number of nitrogens with zero attached hydrogens (tertiary/aromatic N) is 2. The van der Waals surface area contributed by atoms with Crippen LogP contribution in [0.1, 0.15) is 5.56 Å². The summed E-state index contributed by atoms with van der Waals surface area (Å²) in [6.07, 6.45) is 0.0842. The lowest BCUT2D eigenvalue weighted by Gasteiger charge is -2.07. The van der Waals surface area contributed by atoms with Gasteiger partial charge >= 0.3 is 5.97 Å². The van der Waals surface area contributed by atoms with Crippen molar-refractivity contribution in [3.8, 4) is 0 Å². The van der Waals surface area contributed by atoms with Crippen molar-refractivity contribution in [2.45, 2.75) is 11.4 Å². The van der Waals surface area contributed by atoms with Gasteiger partial charge in [-0.3, -0.25) is 14.9 Å². The summed E-state index contributed by atoms with van der Waals surface area (Å²) < 4.78 is 36.5. The summed E-state index contributed by atoms with van der Waals surface area (Å²) in [4.78, 5) is 24.0. The van der Waals surface area contributed by atoms with Crippen molar-refractivity contribution in [3.63, 3.8) is 0 Å². The highest BCUT2D eigenvalue weighted by Gasteiger charge is 2.19. The number of methoxy groups -OCH3 is 1. The van der Waals surface area contributed by atoms with Crippen LogP contribution in [0.25, 0.3) is 0 Å². The molecule has 0 saturated carbocycles. The van der Waals surface area contributed by atoms with Crippen molar-refractivity contribution in [1.29, 1.82) is 0 Å². The van der Waals surface area contributed by atoms with Crippen LogP contribution >= 0.6 is 0 Å². The SMILES string of the molecule is COC(=O)Cc1cc(S(=O)(=O)[O-])ncc1[N+](=O)[O-]. The Balaban J connectivity index is 3.33. The predicted octanol–water partition coefficient (Wildman–Crippen LogP) is -0.391. The number of carbonyl (C=O) groups is 1. The zero-order chi connectivity index (χ0) is 13.9. The molecule has 0 bridgehead atoms. The molecule has 0 spiro atoms. The van der Waals surface area contributed by atoms with Crippen molar-refractivity contribution in [2.24, 2.45) is 0 Å². The van der Waals surface area contributed by atoms with Crippen molar-refractivity contribution in [2.75, 3.05) is 7.11 Å². The molecule has 18 heavy (non-hydrogen) atoms. The molecule has 1 aromatic heterocycles. The molecule has 10 heteroatoms. The summed E-state index contributed by atoms with van der Waals surface area (Å²) in [7, 11) is -3.78. The second-order valence-corrected chi connectivity index (χ2v) is 4.44. The van der Waals surface area contributed by atoms with Crippen LogP contribution in [0.4, 0.5) is 5.69 Å². The normalized spacial score (nSPS) is 11.0. The summed E-state index contributed by atoms with van der Waals surface area (Å²) in [5, 5.41) is 9.76. The third-order valence-corrected chi connectivity index (χ3v) is 2.69. The van der Waals surface area contributed by atoms with Gasteiger partial charge in [-0.2, -0.15) is 0 Å². The number of carbonyl (C=O) groups excluding carboxylic acids is 1. The molecule has 0 aromatic carbocycles. The Labute approximate surface area is 101 Å². The summed E-state index contributed by atoms with van der Waals surface area (Å²) in [6, 6.07) is 0.692. The van der Waals surface area contributed by atoms with E-state index in [1.807, 2.05) is 0 Å². The van der Waals surface area contributed by atoms with Crippen LogP contribution in [-0.4, -0.2) is 36.0 Å². The van der Waals surface area contributed by atoms with E-state index >= 15 is 0 Å². The van der Waals surface area contributed by atoms with Crippen molar-refractivity contribution in [1.82, 2.24) is 4.98 Å². The van der Waals surface area contributed by atoms with Gasteiger partial charge in [0.2, 0.25) is 0 Å². The van der Waals surface area contributed by atoms with E-state index in [1.165, 1.54) is 0 Å². The van der Waals surface area contributed by atoms with E-state index in [0.717, 1.165) is 7.11 Å². The zero-order valence-electron chi connectivity index (χ0n) is 9.02. The molecule has 0 aliphatic heterocycles. The molecule has 9 nitrogen and oxygen atoms in total. The minimum absolute atomic E-state index is 0.253. The van der Waals surface area contributed by atoms with Crippen LogP contribution in [0.3, 0.4) is 0 Å². The first-order valence-electron chi connectivity index (χ1n) is 4.41. The lowest BCUT2D eigenvalue weighted by Crippen LogP contribution is -2.10. The number of pyridine rings is 1. The van der Waals surface area contributed by atoms with E-state index in [9.17, 15) is 27.9 Å². The van der Waals surface area contributed by atoms with Gasteiger partial charge in [-0.15, -0.1) is 0 Å². The molecule has 0 fully saturated rings. The monoisotopic (exact) mass is 275 g/mol. The van der Waals surface area contributed by atoms with Gasteiger partial charge in [0, 0.05) is 5.56 Å². The Bertz CT molecular complexity index is 595. The number of ether oxygens (including phenoxy) is 1. The fraction of sp³-hybridized carbons (Fsp3) is 0.250. The molecule has 1 heterocycles. The average Bonchev–Trinajstić information content (AvgIpc) is 2.27. The van der Waals surface area contributed by atoms with Gasteiger partial charge in [-0.25, -0.2) is 13.4 Å².